The highest BCUT2D eigenvalue weighted by Gasteiger charge is 2.13. The lowest BCUT2D eigenvalue weighted by molar-refractivity contribution is 0.102. The first kappa shape index (κ1) is 14.6. The molecule has 1 amide bonds. The minimum Gasteiger partial charge on any atom is -0.304 e. The van der Waals surface area contributed by atoms with Crippen LogP contribution in [0.2, 0.25) is 10.0 Å². The monoisotopic (exact) mass is 332 g/mol. The Labute approximate surface area is 136 Å². The summed E-state index contributed by atoms with van der Waals surface area (Å²) in [6, 6.07) is 14.1. The first-order chi connectivity index (χ1) is 10.6. The maximum absolute atomic E-state index is 12.2. The molecule has 3 rings (SSSR count). The van der Waals surface area contributed by atoms with Gasteiger partial charge in [0, 0.05) is 5.02 Å². The van der Waals surface area contributed by atoms with Gasteiger partial charge in [-0.25, -0.2) is 0 Å². The zero-order valence-corrected chi connectivity index (χ0v) is 12.7. The standard InChI is InChI=1S/C15H10Cl2N4O/c16-10-6-7-12(13(17)8-10)15(22)19-14-9-18-21(20-14)11-4-2-1-3-5-11/h1-9H,(H,19,20,22). The minimum atomic E-state index is -0.373. The molecule has 0 saturated carbocycles. The van der Waals surface area contributed by atoms with Crippen molar-refractivity contribution >= 4 is 34.9 Å². The quantitative estimate of drug-likeness (QED) is 0.792. The Bertz CT molecular complexity index is 817. The Kier molecular flexibility index (Phi) is 4.09. The number of benzene rings is 2. The highest BCUT2D eigenvalue weighted by molar-refractivity contribution is 6.37. The smallest absolute Gasteiger partial charge is 0.258 e. The van der Waals surface area contributed by atoms with Crippen molar-refractivity contribution in [1.29, 1.82) is 0 Å². The van der Waals surface area contributed by atoms with Crippen molar-refractivity contribution in [2.75, 3.05) is 5.32 Å². The van der Waals surface area contributed by atoms with Gasteiger partial charge in [0.2, 0.25) is 0 Å². The minimum absolute atomic E-state index is 0.278. The van der Waals surface area contributed by atoms with Gasteiger partial charge in [-0.1, -0.05) is 41.4 Å². The summed E-state index contributed by atoms with van der Waals surface area (Å²) in [6.45, 7) is 0. The Hall–Kier alpha value is -2.37. The molecule has 0 aliphatic rings. The number of rotatable bonds is 3. The van der Waals surface area contributed by atoms with Gasteiger partial charge in [0.1, 0.15) is 0 Å². The van der Waals surface area contributed by atoms with Gasteiger partial charge in [0.15, 0.2) is 5.82 Å². The molecule has 0 unspecified atom stereocenters. The number of hydrogen-bond acceptors (Lipinski definition) is 3. The third-order valence-corrected chi connectivity index (χ3v) is 3.44. The maximum atomic E-state index is 12.2. The molecular formula is C15H10Cl2N4O. The molecule has 1 aromatic heterocycles. The summed E-state index contributed by atoms with van der Waals surface area (Å²) in [5.74, 6) is -0.0401. The lowest BCUT2D eigenvalue weighted by Gasteiger charge is -2.04. The zero-order chi connectivity index (χ0) is 15.5. The van der Waals surface area contributed by atoms with Crippen LogP contribution in [-0.4, -0.2) is 20.9 Å². The van der Waals surface area contributed by atoms with Crippen LogP contribution in [-0.2, 0) is 0 Å². The van der Waals surface area contributed by atoms with Gasteiger partial charge in [0.25, 0.3) is 5.91 Å². The molecule has 0 atom stereocenters. The van der Waals surface area contributed by atoms with Crippen LogP contribution in [0.3, 0.4) is 0 Å². The molecule has 5 nitrogen and oxygen atoms in total. The highest BCUT2D eigenvalue weighted by atomic mass is 35.5. The molecule has 7 heteroatoms. The zero-order valence-electron chi connectivity index (χ0n) is 11.2. The van der Waals surface area contributed by atoms with Crippen molar-refractivity contribution in [3.8, 4) is 5.69 Å². The number of nitrogens with one attached hydrogen (secondary N) is 1. The van der Waals surface area contributed by atoms with Crippen molar-refractivity contribution in [1.82, 2.24) is 15.0 Å². The number of carbonyl (C=O) groups excluding carboxylic acids is 1. The van der Waals surface area contributed by atoms with Crippen molar-refractivity contribution in [3.63, 3.8) is 0 Å². The van der Waals surface area contributed by atoms with E-state index >= 15 is 0 Å². The second-order valence-corrected chi connectivity index (χ2v) is 5.28. The molecule has 2 aromatic carbocycles. The van der Waals surface area contributed by atoms with Crippen LogP contribution in [0.15, 0.2) is 54.7 Å². The number of para-hydroxylation sites is 1. The fourth-order valence-electron chi connectivity index (χ4n) is 1.86. The van der Waals surface area contributed by atoms with Crippen LogP contribution in [0, 0.1) is 0 Å². The van der Waals surface area contributed by atoms with E-state index in [9.17, 15) is 4.79 Å². The molecule has 0 saturated heterocycles. The summed E-state index contributed by atoms with van der Waals surface area (Å²) in [5, 5.41) is 11.7. The van der Waals surface area contributed by atoms with Gasteiger partial charge in [0.05, 0.1) is 22.5 Å². The summed E-state index contributed by atoms with van der Waals surface area (Å²) >= 11 is 11.8. The normalized spacial score (nSPS) is 10.5. The summed E-state index contributed by atoms with van der Waals surface area (Å²) in [4.78, 5) is 13.6. The second kappa shape index (κ2) is 6.17. The number of anilines is 1. The van der Waals surface area contributed by atoms with Crippen LogP contribution in [0.1, 0.15) is 10.4 Å². The van der Waals surface area contributed by atoms with Crippen LogP contribution >= 0.6 is 23.2 Å². The Balaban J connectivity index is 1.79. The predicted octanol–water partition coefficient (Wildman–Crippen LogP) is 3.83. The fourth-order valence-corrected chi connectivity index (χ4v) is 2.36. The summed E-state index contributed by atoms with van der Waals surface area (Å²) < 4.78 is 0. The molecule has 0 bridgehead atoms. The number of halogens is 2. The van der Waals surface area contributed by atoms with E-state index in [1.165, 1.54) is 17.1 Å². The first-order valence-electron chi connectivity index (χ1n) is 6.37. The summed E-state index contributed by atoms with van der Waals surface area (Å²) in [7, 11) is 0. The number of carbonyl (C=O) groups is 1. The average molecular weight is 333 g/mol. The number of nitrogens with zero attached hydrogens (tertiary/aromatic N) is 3. The number of aromatic nitrogens is 3. The van der Waals surface area contributed by atoms with Crippen molar-refractivity contribution < 1.29 is 4.79 Å². The molecule has 110 valence electrons. The first-order valence-corrected chi connectivity index (χ1v) is 7.13. The lowest BCUT2D eigenvalue weighted by atomic mass is 10.2. The molecule has 1 N–H and O–H groups in total. The predicted molar refractivity (Wildman–Crippen MR) is 85.8 cm³/mol. The van der Waals surface area contributed by atoms with Crippen molar-refractivity contribution in [2.24, 2.45) is 0 Å². The Morgan fingerprint density at radius 3 is 2.59 bits per heavy atom. The third-order valence-electron chi connectivity index (χ3n) is 2.90. The van der Waals surface area contributed by atoms with E-state index in [0.29, 0.717) is 16.4 Å². The summed E-state index contributed by atoms with van der Waals surface area (Å²) in [6.07, 6.45) is 1.47. The topological polar surface area (TPSA) is 59.8 Å². The van der Waals surface area contributed by atoms with Crippen LogP contribution in [0.4, 0.5) is 5.82 Å². The molecule has 0 aliphatic heterocycles. The van der Waals surface area contributed by atoms with E-state index in [2.05, 4.69) is 15.5 Å². The van der Waals surface area contributed by atoms with Crippen LogP contribution < -0.4 is 5.32 Å². The Morgan fingerprint density at radius 2 is 1.86 bits per heavy atom. The molecule has 0 spiro atoms. The van der Waals surface area contributed by atoms with Gasteiger partial charge in [-0.05, 0) is 30.3 Å². The second-order valence-electron chi connectivity index (χ2n) is 4.43. The molecule has 22 heavy (non-hydrogen) atoms. The van der Waals surface area contributed by atoms with Crippen molar-refractivity contribution in [3.05, 3.63) is 70.3 Å². The van der Waals surface area contributed by atoms with Gasteiger partial charge >= 0.3 is 0 Å². The maximum Gasteiger partial charge on any atom is 0.258 e. The average Bonchev–Trinajstić information content (AvgIpc) is 2.96. The van der Waals surface area contributed by atoms with E-state index in [1.807, 2.05) is 30.3 Å². The molecule has 0 aliphatic carbocycles. The van der Waals surface area contributed by atoms with E-state index < -0.39 is 0 Å². The summed E-state index contributed by atoms with van der Waals surface area (Å²) in [5.41, 5.74) is 1.12. The molecule has 3 aromatic rings. The molecule has 0 radical (unpaired) electrons. The van der Waals surface area contributed by atoms with E-state index in [-0.39, 0.29) is 10.9 Å². The largest absolute Gasteiger partial charge is 0.304 e. The molecule has 0 fully saturated rings. The van der Waals surface area contributed by atoms with Gasteiger partial charge < -0.3 is 5.32 Å². The van der Waals surface area contributed by atoms with Gasteiger partial charge in [-0.2, -0.15) is 5.10 Å². The van der Waals surface area contributed by atoms with Gasteiger partial charge in [-0.15, -0.1) is 9.90 Å². The number of amides is 1. The van der Waals surface area contributed by atoms with E-state index in [0.717, 1.165) is 5.69 Å². The van der Waals surface area contributed by atoms with E-state index in [4.69, 9.17) is 23.2 Å². The SMILES string of the molecule is O=C(Nc1cnn(-c2ccccc2)n1)c1ccc(Cl)cc1Cl. The van der Waals surface area contributed by atoms with E-state index in [1.54, 1.807) is 12.1 Å². The lowest BCUT2D eigenvalue weighted by Crippen LogP contribution is -2.13. The third kappa shape index (κ3) is 3.10. The van der Waals surface area contributed by atoms with Crippen LogP contribution in [0.25, 0.3) is 5.69 Å². The molecular weight excluding hydrogens is 323 g/mol. The van der Waals surface area contributed by atoms with Gasteiger partial charge in [-0.3, -0.25) is 4.79 Å². The number of hydrogen-bond donors (Lipinski definition) is 1. The van der Waals surface area contributed by atoms with Crippen LogP contribution in [0.5, 0.6) is 0 Å². The fraction of sp³-hybridized carbons (Fsp3) is 0. The highest BCUT2D eigenvalue weighted by Crippen LogP contribution is 2.21. The Morgan fingerprint density at radius 1 is 1.09 bits per heavy atom. The molecule has 1 heterocycles. The van der Waals surface area contributed by atoms with Crippen molar-refractivity contribution in [2.45, 2.75) is 0 Å².